The van der Waals surface area contributed by atoms with Crippen molar-refractivity contribution in [1.29, 1.82) is 5.41 Å². The van der Waals surface area contributed by atoms with E-state index in [1.54, 1.807) is 6.07 Å². The van der Waals surface area contributed by atoms with E-state index in [0.717, 1.165) is 30.8 Å². The van der Waals surface area contributed by atoms with Crippen LogP contribution in [0.1, 0.15) is 24.5 Å². The Hall–Kier alpha value is -1.42. The van der Waals surface area contributed by atoms with E-state index in [1.807, 2.05) is 13.0 Å². The first-order valence-corrected chi connectivity index (χ1v) is 5.83. The van der Waals surface area contributed by atoms with Gasteiger partial charge in [0.1, 0.15) is 5.82 Å². The summed E-state index contributed by atoms with van der Waals surface area (Å²) in [5, 5.41) is 7.21. The average molecular weight is 237 g/mol. The summed E-state index contributed by atoms with van der Waals surface area (Å²) in [6.45, 7) is 6.42. The van der Waals surface area contributed by atoms with Gasteiger partial charge in [0.25, 0.3) is 0 Å². The minimum Gasteiger partial charge on any atom is -0.388 e. The summed E-state index contributed by atoms with van der Waals surface area (Å²) in [7, 11) is 0. The van der Waals surface area contributed by atoms with Crippen LogP contribution in [0.25, 0.3) is 0 Å². The molecule has 0 radical (unpaired) electrons. The number of rotatable bonds is 6. The van der Waals surface area contributed by atoms with Crippen LogP contribution < -0.4 is 5.73 Å². The summed E-state index contributed by atoms with van der Waals surface area (Å²) in [6, 6.07) is 4.86. The van der Waals surface area contributed by atoms with Crippen LogP contribution in [0.5, 0.6) is 0 Å². The van der Waals surface area contributed by atoms with E-state index in [0.29, 0.717) is 6.42 Å². The summed E-state index contributed by atoms with van der Waals surface area (Å²) < 4.78 is 13.0. The molecule has 3 nitrogen and oxygen atoms in total. The second kappa shape index (κ2) is 6.35. The Morgan fingerprint density at radius 1 is 1.47 bits per heavy atom. The largest absolute Gasteiger partial charge is 0.388 e. The Balaban J connectivity index is 2.63. The average Bonchev–Trinajstić information content (AvgIpc) is 2.26. The molecule has 3 N–H and O–H groups in total. The van der Waals surface area contributed by atoms with Crippen LogP contribution in [0.3, 0.4) is 0 Å². The van der Waals surface area contributed by atoms with Crippen LogP contribution in [0.2, 0.25) is 0 Å². The highest BCUT2D eigenvalue weighted by Gasteiger charge is 2.07. The zero-order valence-corrected chi connectivity index (χ0v) is 10.5. The van der Waals surface area contributed by atoms with Crippen molar-refractivity contribution < 1.29 is 4.39 Å². The highest BCUT2D eigenvalue weighted by molar-refractivity contribution is 5.76. The monoisotopic (exact) mass is 237 g/mol. The first kappa shape index (κ1) is 13.6. The fourth-order valence-electron chi connectivity index (χ4n) is 1.71. The summed E-state index contributed by atoms with van der Waals surface area (Å²) in [5.74, 6) is 0.0114. The number of halogens is 1. The van der Waals surface area contributed by atoms with Crippen molar-refractivity contribution in [1.82, 2.24) is 4.90 Å². The molecule has 1 aromatic carbocycles. The predicted octanol–water partition coefficient (Wildman–Crippen LogP) is 2.28. The van der Waals surface area contributed by atoms with Crippen LogP contribution >= 0.6 is 0 Å². The first-order chi connectivity index (χ1) is 8.02. The van der Waals surface area contributed by atoms with E-state index < -0.39 is 0 Å². The summed E-state index contributed by atoms with van der Waals surface area (Å²) >= 11 is 0. The molecule has 1 rings (SSSR count). The topological polar surface area (TPSA) is 53.1 Å². The number of benzene rings is 1. The Kier molecular flexibility index (Phi) is 5.10. The molecule has 4 heteroatoms. The van der Waals surface area contributed by atoms with E-state index in [9.17, 15) is 4.39 Å². The summed E-state index contributed by atoms with van der Waals surface area (Å²) in [5.41, 5.74) is 7.43. The molecule has 0 fully saturated rings. The quantitative estimate of drug-likeness (QED) is 0.589. The molecular formula is C13H20FN3. The molecule has 17 heavy (non-hydrogen) atoms. The van der Waals surface area contributed by atoms with E-state index in [-0.39, 0.29) is 11.7 Å². The molecule has 1 aromatic rings. The van der Waals surface area contributed by atoms with Crippen molar-refractivity contribution in [3.63, 3.8) is 0 Å². The first-order valence-electron chi connectivity index (χ1n) is 5.83. The second-order valence-electron chi connectivity index (χ2n) is 4.21. The maximum atomic E-state index is 13.0. The van der Waals surface area contributed by atoms with Crippen LogP contribution in [0.4, 0.5) is 4.39 Å². The lowest BCUT2D eigenvalue weighted by Crippen LogP contribution is -2.27. The van der Waals surface area contributed by atoms with E-state index >= 15 is 0 Å². The molecule has 0 atom stereocenters. The molecular weight excluding hydrogens is 217 g/mol. The van der Waals surface area contributed by atoms with E-state index in [1.165, 1.54) is 6.07 Å². The lowest BCUT2D eigenvalue weighted by molar-refractivity contribution is 0.287. The van der Waals surface area contributed by atoms with Gasteiger partial charge in [0.05, 0.1) is 5.84 Å². The minimum atomic E-state index is -0.196. The van der Waals surface area contributed by atoms with Gasteiger partial charge in [0.15, 0.2) is 0 Å². The number of nitrogens with zero attached hydrogens (tertiary/aromatic N) is 1. The third-order valence-electron chi connectivity index (χ3n) is 2.84. The Bertz CT molecular complexity index is 390. The van der Waals surface area contributed by atoms with Gasteiger partial charge in [-0.1, -0.05) is 13.0 Å². The molecule has 0 aliphatic carbocycles. The molecule has 0 bridgehead atoms. The van der Waals surface area contributed by atoms with Crippen molar-refractivity contribution in [2.24, 2.45) is 5.73 Å². The molecule has 94 valence electrons. The van der Waals surface area contributed by atoms with E-state index in [4.69, 9.17) is 11.1 Å². The van der Waals surface area contributed by atoms with Gasteiger partial charge in [-0.3, -0.25) is 10.3 Å². The van der Waals surface area contributed by atoms with Gasteiger partial charge in [0, 0.05) is 19.5 Å². The van der Waals surface area contributed by atoms with Gasteiger partial charge in [0.2, 0.25) is 0 Å². The minimum absolute atomic E-state index is 0.196. The Morgan fingerprint density at radius 2 is 2.18 bits per heavy atom. The van der Waals surface area contributed by atoms with Crippen molar-refractivity contribution in [2.45, 2.75) is 26.8 Å². The summed E-state index contributed by atoms with van der Waals surface area (Å²) in [6.07, 6.45) is 0.577. The van der Waals surface area contributed by atoms with Gasteiger partial charge in [-0.05, 0) is 36.7 Å². The van der Waals surface area contributed by atoms with Gasteiger partial charge in [-0.25, -0.2) is 4.39 Å². The maximum Gasteiger partial charge on any atom is 0.123 e. The molecule has 0 heterocycles. The third kappa shape index (κ3) is 4.53. The smallest absolute Gasteiger partial charge is 0.123 e. The molecule has 0 saturated carbocycles. The van der Waals surface area contributed by atoms with Crippen LogP contribution in [0, 0.1) is 18.2 Å². The zero-order chi connectivity index (χ0) is 12.8. The Labute approximate surface area is 102 Å². The number of nitrogens with two attached hydrogens (primary N) is 1. The third-order valence-corrected chi connectivity index (χ3v) is 2.84. The van der Waals surface area contributed by atoms with Crippen molar-refractivity contribution in [2.75, 3.05) is 13.1 Å². The lowest BCUT2D eigenvalue weighted by atomic mass is 10.1. The lowest BCUT2D eigenvalue weighted by Gasteiger charge is -2.21. The number of nitrogens with one attached hydrogen (secondary N) is 1. The molecule has 0 saturated heterocycles. The van der Waals surface area contributed by atoms with Crippen molar-refractivity contribution in [3.8, 4) is 0 Å². The maximum absolute atomic E-state index is 13.0. The molecule has 0 spiro atoms. The van der Waals surface area contributed by atoms with Gasteiger partial charge in [-0.2, -0.15) is 0 Å². The van der Waals surface area contributed by atoms with Crippen molar-refractivity contribution in [3.05, 3.63) is 35.1 Å². The molecule has 0 aliphatic heterocycles. The number of aryl methyl sites for hydroxylation is 1. The molecule has 0 amide bonds. The highest BCUT2D eigenvalue weighted by atomic mass is 19.1. The molecule has 0 unspecified atom stereocenters. The number of amidine groups is 1. The fraction of sp³-hybridized carbons (Fsp3) is 0.462. The van der Waals surface area contributed by atoms with Crippen LogP contribution in [-0.4, -0.2) is 23.8 Å². The van der Waals surface area contributed by atoms with Gasteiger partial charge in [-0.15, -0.1) is 0 Å². The fourth-order valence-corrected chi connectivity index (χ4v) is 1.71. The summed E-state index contributed by atoms with van der Waals surface area (Å²) in [4.78, 5) is 2.20. The predicted molar refractivity (Wildman–Crippen MR) is 68.6 cm³/mol. The van der Waals surface area contributed by atoms with Crippen LogP contribution in [0.15, 0.2) is 18.2 Å². The van der Waals surface area contributed by atoms with E-state index in [2.05, 4.69) is 11.8 Å². The number of hydrogen-bond acceptors (Lipinski definition) is 2. The Morgan fingerprint density at radius 3 is 2.71 bits per heavy atom. The second-order valence-corrected chi connectivity index (χ2v) is 4.21. The number of hydrogen-bond donors (Lipinski definition) is 2. The normalized spacial score (nSPS) is 10.8. The standard InChI is InChI=1S/C13H20FN3/c1-3-17(7-6-13(15)16)9-11-4-5-12(14)8-10(11)2/h4-5,8H,3,6-7,9H2,1-2H3,(H3,15,16). The highest BCUT2D eigenvalue weighted by Crippen LogP contribution is 2.12. The molecule has 0 aliphatic rings. The SMILES string of the molecule is CCN(CCC(=N)N)Cc1ccc(F)cc1C. The van der Waals surface area contributed by atoms with Crippen LogP contribution in [-0.2, 0) is 6.54 Å². The van der Waals surface area contributed by atoms with Gasteiger partial charge >= 0.3 is 0 Å². The van der Waals surface area contributed by atoms with Gasteiger partial charge < -0.3 is 5.73 Å². The zero-order valence-electron chi connectivity index (χ0n) is 10.5. The molecule has 0 aromatic heterocycles. The van der Waals surface area contributed by atoms with Crippen molar-refractivity contribution >= 4 is 5.84 Å².